The summed E-state index contributed by atoms with van der Waals surface area (Å²) in [4.78, 5) is 11.7. The lowest BCUT2D eigenvalue weighted by Gasteiger charge is -2.15. The molecule has 0 saturated carbocycles. The summed E-state index contributed by atoms with van der Waals surface area (Å²) >= 11 is 3.45. The van der Waals surface area contributed by atoms with Gasteiger partial charge in [0.05, 0.1) is 22.5 Å². The molecule has 1 heterocycles. The lowest BCUT2D eigenvalue weighted by Crippen LogP contribution is -2.23. The van der Waals surface area contributed by atoms with Gasteiger partial charge in [0.2, 0.25) is 0 Å². The van der Waals surface area contributed by atoms with Gasteiger partial charge in [0, 0.05) is 0 Å². The third-order valence-electron chi connectivity index (χ3n) is 2.48. The number of rotatable bonds is 4. The van der Waals surface area contributed by atoms with Gasteiger partial charge in [-0.3, -0.25) is 4.68 Å². The van der Waals surface area contributed by atoms with Crippen molar-refractivity contribution < 1.29 is 9.53 Å². The van der Waals surface area contributed by atoms with E-state index < -0.39 is 0 Å². The summed E-state index contributed by atoms with van der Waals surface area (Å²) < 4.78 is 7.73. The molecule has 0 radical (unpaired) electrons. The Balaban J connectivity index is 3.04. The summed E-state index contributed by atoms with van der Waals surface area (Å²) in [5.74, 6) is -0.219. The molecule has 0 aromatic carbocycles. The van der Waals surface area contributed by atoms with E-state index >= 15 is 0 Å². The first kappa shape index (κ1) is 13.2. The number of carbonyl (C=O) groups is 1. The van der Waals surface area contributed by atoms with E-state index in [0.717, 1.165) is 15.9 Å². The number of hydrogen-bond donors (Lipinski definition) is 0. The van der Waals surface area contributed by atoms with Crippen LogP contribution in [0.15, 0.2) is 4.47 Å². The van der Waals surface area contributed by atoms with Crippen LogP contribution < -0.4 is 0 Å². The summed E-state index contributed by atoms with van der Waals surface area (Å²) in [6, 6.07) is -0.329. The molecule has 1 aromatic heterocycles. The van der Waals surface area contributed by atoms with E-state index in [1.54, 1.807) is 4.68 Å². The highest BCUT2D eigenvalue weighted by atomic mass is 79.9. The number of aromatic nitrogens is 2. The Hall–Kier alpha value is -0.840. The van der Waals surface area contributed by atoms with Gasteiger partial charge in [-0.2, -0.15) is 5.10 Å². The van der Waals surface area contributed by atoms with Crippen LogP contribution in [0.25, 0.3) is 0 Å². The van der Waals surface area contributed by atoms with E-state index in [1.165, 1.54) is 0 Å². The summed E-state index contributed by atoms with van der Waals surface area (Å²) in [5.41, 5.74) is 1.85. The maximum Gasteiger partial charge on any atom is 0.330 e. The maximum absolute atomic E-state index is 11.7. The number of ether oxygens (including phenoxy) is 1. The molecule has 1 unspecified atom stereocenters. The standard InChI is InChI=1S/C11H17BrN2O2/c1-5-9(11(15)16-6-2)14-8(4)10(12)7(3)13-14/h9H,5-6H2,1-4H3. The normalized spacial score (nSPS) is 12.6. The SMILES string of the molecule is CCOC(=O)C(CC)n1nc(C)c(Br)c1C. The quantitative estimate of drug-likeness (QED) is 0.801. The largest absolute Gasteiger partial charge is 0.464 e. The number of nitrogens with zero attached hydrogens (tertiary/aromatic N) is 2. The third-order valence-corrected chi connectivity index (χ3v) is 3.62. The predicted octanol–water partition coefficient (Wildman–Crippen LogP) is 2.78. The molecular formula is C11H17BrN2O2. The van der Waals surface area contributed by atoms with Gasteiger partial charge in [0.25, 0.3) is 0 Å². The Morgan fingerprint density at radius 1 is 1.50 bits per heavy atom. The summed E-state index contributed by atoms with van der Waals surface area (Å²) in [5, 5.41) is 4.35. The van der Waals surface area contributed by atoms with E-state index in [0.29, 0.717) is 13.0 Å². The van der Waals surface area contributed by atoms with Crippen LogP contribution in [-0.4, -0.2) is 22.4 Å². The smallest absolute Gasteiger partial charge is 0.330 e. The van der Waals surface area contributed by atoms with Crippen LogP contribution in [0.2, 0.25) is 0 Å². The minimum absolute atomic E-state index is 0.219. The van der Waals surface area contributed by atoms with Crippen molar-refractivity contribution >= 4 is 21.9 Å². The van der Waals surface area contributed by atoms with Crippen molar-refractivity contribution in [2.24, 2.45) is 0 Å². The zero-order chi connectivity index (χ0) is 12.3. The second kappa shape index (κ2) is 5.48. The number of hydrogen-bond acceptors (Lipinski definition) is 3. The molecule has 5 heteroatoms. The van der Waals surface area contributed by atoms with Crippen molar-refractivity contribution in [2.75, 3.05) is 6.61 Å². The van der Waals surface area contributed by atoms with Crippen LogP contribution in [0, 0.1) is 13.8 Å². The minimum atomic E-state index is -0.329. The molecule has 0 saturated heterocycles. The molecule has 0 aliphatic carbocycles. The molecule has 16 heavy (non-hydrogen) atoms. The molecule has 1 atom stereocenters. The molecule has 0 spiro atoms. The van der Waals surface area contributed by atoms with Gasteiger partial charge in [-0.15, -0.1) is 0 Å². The molecular weight excluding hydrogens is 272 g/mol. The lowest BCUT2D eigenvalue weighted by molar-refractivity contribution is -0.147. The van der Waals surface area contributed by atoms with E-state index in [2.05, 4.69) is 21.0 Å². The number of aryl methyl sites for hydroxylation is 1. The fourth-order valence-electron chi connectivity index (χ4n) is 1.62. The van der Waals surface area contributed by atoms with E-state index in [1.807, 2.05) is 27.7 Å². The van der Waals surface area contributed by atoms with Crippen LogP contribution in [-0.2, 0) is 9.53 Å². The Morgan fingerprint density at radius 3 is 2.50 bits per heavy atom. The van der Waals surface area contributed by atoms with Gasteiger partial charge in [0.1, 0.15) is 6.04 Å². The Bertz CT molecular complexity index is 388. The zero-order valence-corrected chi connectivity index (χ0v) is 11.7. The summed E-state index contributed by atoms with van der Waals surface area (Å²) in [6.07, 6.45) is 0.674. The maximum atomic E-state index is 11.7. The van der Waals surface area contributed by atoms with Crippen molar-refractivity contribution in [3.05, 3.63) is 15.9 Å². The molecule has 0 aliphatic rings. The minimum Gasteiger partial charge on any atom is -0.464 e. The highest BCUT2D eigenvalue weighted by molar-refractivity contribution is 9.10. The van der Waals surface area contributed by atoms with Crippen LogP contribution in [0.1, 0.15) is 37.7 Å². The van der Waals surface area contributed by atoms with Gasteiger partial charge in [-0.25, -0.2) is 4.79 Å². The Kier molecular flexibility index (Phi) is 4.53. The first-order chi connectivity index (χ1) is 7.52. The molecule has 0 N–H and O–H groups in total. The van der Waals surface area contributed by atoms with Crippen molar-refractivity contribution in [1.29, 1.82) is 0 Å². The Labute approximate surface area is 104 Å². The molecule has 0 bridgehead atoms. The van der Waals surface area contributed by atoms with Crippen molar-refractivity contribution in [3.63, 3.8) is 0 Å². The molecule has 0 amide bonds. The van der Waals surface area contributed by atoms with Crippen molar-refractivity contribution in [3.8, 4) is 0 Å². The van der Waals surface area contributed by atoms with E-state index in [-0.39, 0.29) is 12.0 Å². The first-order valence-electron chi connectivity index (χ1n) is 5.40. The fourth-order valence-corrected chi connectivity index (χ4v) is 1.89. The number of carbonyl (C=O) groups excluding carboxylic acids is 1. The highest BCUT2D eigenvalue weighted by Crippen LogP contribution is 2.24. The van der Waals surface area contributed by atoms with Crippen LogP contribution in [0.4, 0.5) is 0 Å². The predicted molar refractivity (Wildman–Crippen MR) is 65.4 cm³/mol. The molecule has 1 rings (SSSR count). The van der Waals surface area contributed by atoms with Gasteiger partial charge in [-0.05, 0) is 43.1 Å². The summed E-state index contributed by atoms with van der Waals surface area (Å²) in [7, 11) is 0. The highest BCUT2D eigenvalue weighted by Gasteiger charge is 2.23. The topological polar surface area (TPSA) is 44.1 Å². The summed E-state index contributed by atoms with van der Waals surface area (Å²) in [6.45, 7) is 8.00. The second-order valence-corrected chi connectivity index (χ2v) is 4.40. The van der Waals surface area contributed by atoms with Crippen LogP contribution >= 0.6 is 15.9 Å². The third kappa shape index (κ3) is 2.45. The molecule has 90 valence electrons. The van der Waals surface area contributed by atoms with Gasteiger partial charge >= 0.3 is 5.97 Å². The second-order valence-electron chi connectivity index (χ2n) is 3.61. The first-order valence-corrected chi connectivity index (χ1v) is 6.20. The van der Waals surface area contributed by atoms with Gasteiger partial charge < -0.3 is 4.74 Å². The van der Waals surface area contributed by atoms with E-state index in [4.69, 9.17) is 4.74 Å². The van der Waals surface area contributed by atoms with E-state index in [9.17, 15) is 4.79 Å². The lowest BCUT2D eigenvalue weighted by atomic mass is 10.2. The zero-order valence-electron chi connectivity index (χ0n) is 10.1. The average molecular weight is 289 g/mol. The molecule has 0 fully saturated rings. The van der Waals surface area contributed by atoms with Crippen LogP contribution in [0.5, 0.6) is 0 Å². The molecule has 0 aliphatic heterocycles. The Morgan fingerprint density at radius 2 is 2.12 bits per heavy atom. The van der Waals surface area contributed by atoms with Gasteiger partial charge in [0.15, 0.2) is 0 Å². The number of esters is 1. The van der Waals surface area contributed by atoms with Crippen molar-refractivity contribution in [1.82, 2.24) is 9.78 Å². The fraction of sp³-hybridized carbons (Fsp3) is 0.636. The monoisotopic (exact) mass is 288 g/mol. The molecule has 1 aromatic rings. The van der Waals surface area contributed by atoms with Gasteiger partial charge in [-0.1, -0.05) is 6.92 Å². The molecule has 4 nitrogen and oxygen atoms in total. The number of halogens is 1. The van der Waals surface area contributed by atoms with Crippen LogP contribution in [0.3, 0.4) is 0 Å². The van der Waals surface area contributed by atoms with Crippen molar-refractivity contribution in [2.45, 2.75) is 40.2 Å². The average Bonchev–Trinajstić information content (AvgIpc) is 2.48.